The Labute approximate surface area is 126 Å². The first-order valence-electron chi connectivity index (χ1n) is 6.55. The van der Waals surface area contributed by atoms with Gasteiger partial charge in [-0.1, -0.05) is 19.4 Å². The van der Waals surface area contributed by atoms with E-state index in [1.807, 2.05) is 17.5 Å². The van der Waals surface area contributed by atoms with E-state index in [1.54, 1.807) is 22.8 Å². The van der Waals surface area contributed by atoms with Gasteiger partial charge < -0.3 is 5.32 Å². The van der Waals surface area contributed by atoms with Crippen LogP contribution < -0.4 is 5.32 Å². The summed E-state index contributed by atoms with van der Waals surface area (Å²) in [7, 11) is 0. The maximum absolute atomic E-state index is 12.2. The van der Waals surface area contributed by atoms with Gasteiger partial charge in [0.2, 0.25) is 0 Å². The van der Waals surface area contributed by atoms with Gasteiger partial charge in [-0.05, 0) is 30.9 Å². The summed E-state index contributed by atoms with van der Waals surface area (Å²) in [5.41, 5.74) is 0.567. The summed E-state index contributed by atoms with van der Waals surface area (Å²) in [6.45, 7) is 3.62. The fourth-order valence-electron chi connectivity index (χ4n) is 1.95. The minimum absolute atomic E-state index is 0.00239. The minimum atomic E-state index is -0.111. The number of ketones is 1. The van der Waals surface area contributed by atoms with Gasteiger partial charge >= 0.3 is 0 Å². The molecule has 0 radical (unpaired) electrons. The standard InChI is InChI=1S/C15H17NO2S2/c1-3-5-12(13-6-4-7-19-13)16-15(18)11-8-14(10(2)17)20-9-11/h4,6-9,12H,3,5H2,1-2H3,(H,16,18)/t12-/m0/s1. The van der Waals surface area contributed by atoms with Crippen molar-refractivity contribution in [1.82, 2.24) is 5.32 Å². The fraction of sp³-hybridized carbons (Fsp3) is 0.333. The lowest BCUT2D eigenvalue weighted by atomic mass is 10.1. The zero-order valence-corrected chi connectivity index (χ0v) is 13.1. The van der Waals surface area contributed by atoms with Gasteiger partial charge in [-0.2, -0.15) is 0 Å². The lowest BCUT2D eigenvalue weighted by Crippen LogP contribution is -2.27. The van der Waals surface area contributed by atoms with Crippen LogP contribution in [0.25, 0.3) is 0 Å². The van der Waals surface area contributed by atoms with Gasteiger partial charge in [0.05, 0.1) is 16.5 Å². The molecule has 0 saturated carbocycles. The van der Waals surface area contributed by atoms with Gasteiger partial charge in [-0.3, -0.25) is 9.59 Å². The summed E-state index contributed by atoms with van der Waals surface area (Å²) in [6, 6.07) is 5.75. The Hall–Kier alpha value is -1.46. The Morgan fingerprint density at radius 3 is 2.70 bits per heavy atom. The largest absolute Gasteiger partial charge is 0.344 e. The Bertz CT molecular complexity index is 587. The molecular formula is C15H17NO2S2. The average molecular weight is 307 g/mol. The Balaban J connectivity index is 2.09. The summed E-state index contributed by atoms with van der Waals surface area (Å²) >= 11 is 2.97. The molecule has 0 fully saturated rings. The van der Waals surface area contributed by atoms with E-state index in [4.69, 9.17) is 0 Å². The summed E-state index contributed by atoms with van der Waals surface area (Å²) < 4.78 is 0. The van der Waals surface area contributed by atoms with E-state index in [2.05, 4.69) is 12.2 Å². The van der Waals surface area contributed by atoms with Crippen molar-refractivity contribution in [2.24, 2.45) is 0 Å². The molecule has 2 aromatic heterocycles. The third-order valence-corrected chi connectivity index (χ3v) is 4.99. The van der Waals surface area contributed by atoms with Crippen LogP contribution in [0.15, 0.2) is 29.0 Å². The maximum atomic E-state index is 12.2. The number of thiophene rings is 2. The molecule has 0 unspecified atom stereocenters. The quantitative estimate of drug-likeness (QED) is 0.809. The predicted octanol–water partition coefficient (Wildman–Crippen LogP) is 4.28. The zero-order valence-electron chi connectivity index (χ0n) is 11.5. The molecule has 2 heterocycles. The van der Waals surface area contributed by atoms with E-state index in [-0.39, 0.29) is 17.7 Å². The van der Waals surface area contributed by atoms with Crippen LogP contribution in [0.1, 0.15) is 57.6 Å². The minimum Gasteiger partial charge on any atom is -0.344 e. The van der Waals surface area contributed by atoms with Crippen LogP contribution in [0.3, 0.4) is 0 Å². The van der Waals surface area contributed by atoms with Crippen LogP contribution in [-0.4, -0.2) is 11.7 Å². The van der Waals surface area contributed by atoms with Gasteiger partial charge in [0, 0.05) is 10.3 Å². The van der Waals surface area contributed by atoms with Crippen LogP contribution in [0.4, 0.5) is 0 Å². The number of carbonyl (C=O) groups is 2. The molecule has 2 aromatic rings. The van der Waals surface area contributed by atoms with Gasteiger partial charge in [-0.15, -0.1) is 22.7 Å². The van der Waals surface area contributed by atoms with E-state index >= 15 is 0 Å². The summed E-state index contributed by atoms with van der Waals surface area (Å²) in [5.74, 6) is -0.113. The van der Waals surface area contributed by atoms with Crippen molar-refractivity contribution < 1.29 is 9.59 Å². The van der Waals surface area contributed by atoms with Crippen LogP contribution >= 0.6 is 22.7 Å². The van der Waals surface area contributed by atoms with Crippen molar-refractivity contribution >= 4 is 34.4 Å². The number of rotatable bonds is 6. The zero-order chi connectivity index (χ0) is 14.5. The van der Waals surface area contributed by atoms with Crippen molar-refractivity contribution in [3.05, 3.63) is 44.3 Å². The Morgan fingerprint density at radius 2 is 2.15 bits per heavy atom. The van der Waals surface area contributed by atoms with Crippen molar-refractivity contribution in [2.75, 3.05) is 0 Å². The monoisotopic (exact) mass is 307 g/mol. The number of carbonyl (C=O) groups excluding carboxylic acids is 2. The van der Waals surface area contributed by atoms with Gasteiger partial charge in [0.1, 0.15) is 0 Å². The Kier molecular flexibility index (Phi) is 5.09. The van der Waals surface area contributed by atoms with E-state index in [1.165, 1.54) is 23.1 Å². The molecule has 0 aliphatic heterocycles. The van der Waals surface area contributed by atoms with Gasteiger partial charge in [0.15, 0.2) is 5.78 Å². The molecule has 3 nitrogen and oxygen atoms in total. The van der Waals surface area contributed by atoms with E-state index < -0.39 is 0 Å². The molecule has 0 aliphatic carbocycles. The SMILES string of the molecule is CCC[C@H](NC(=O)c1csc(C(C)=O)c1)c1cccs1. The molecule has 0 spiro atoms. The average Bonchev–Trinajstić information content (AvgIpc) is 3.09. The number of hydrogen-bond acceptors (Lipinski definition) is 4. The maximum Gasteiger partial charge on any atom is 0.252 e. The molecule has 106 valence electrons. The molecule has 0 bridgehead atoms. The lowest BCUT2D eigenvalue weighted by Gasteiger charge is -2.16. The normalized spacial score (nSPS) is 12.1. The molecule has 0 aliphatic rings. The van der Waals surface area contributed by atoms with Gasteiger partial charge in [-0.25, -0.2) is 0 Å². The van der Waals surface area contributed by atoms with Crippen molar-refractivity contribution in [1.29, 1.82) is 0 Å². The van der Waals surface area contributed by atoms with Gasteiger partial charge in [0.25, 0.3) is 5.91 Å². The second-order valence-electron chi connectivity index (χ2n) is 4.59. The second-order valence-corrected chi connectivity index (χ2v) is 6.48. The summed E-state index contributed by atoms with van der Waals surface area (Å²) in [6.07, 6.45) is 1.92. The molecule has 5 heteroatoms. The number of hydrogen-bond donors (Lipinski definition) is 1. The first-order valence-corrected chi connectivity index (χ1v) is 8.31. The highest BCUT2D eigenvalue weighted by Gasteiger charge is 2.17. The number of amides is 1. The van der Waals surface area contributed by atoms with Crippen molar-refractivity contribution in [2.45, 2.75) is 32.7 Å². The highest BCUT2D eigenvalue weighted by molar-refractivity contribution is 7.12. The summed E-state index contributed by atoms with van der Waals surface area (Å²) in [4.78, 5) is 25.3. The molecule has 2 rings (SSSR count). The molecule has 1 amide bonds. The summed E-state index contributed by atoms with van der Waals surface area (Å²) in [5, 5.41) is 6.81. The Morgan fingerprint density at radius 1 is 1.35 bits per heavy atom. The molecule has 20 heavy (non-hydrogen) atoms. The van der Waals surface area contributed by atoms with E-state index in [0.717, 1.165) is 12.8 Å². The van der Waals surface area contributed by atoms with E-state index in [9.17, 15) is 9.59 Å². The molecule has 1 atom stereocenters. The first kappa shape index (κ1) is 14.9. The molecule has 0 aromatic carbocycles. The van der Waals surface area contributed by atoms with Crippen molar-refractivity contribution in [3.63, 3.8) is 0 Å². The number of nitrogens with one attached hydrogen (secondary N) is 1. The number of Topliss-reactive ketones (excluding diaryl/α,β-unsaturated/α-hetero) is 1. The van der Waals surface area contributed by atoms with E-state index in [0.29, 0.717) is 10.4 Å². The molecule has 0 saturated heterocycles. The first-order chi connectivity index (χ1) is 9.61. The van der Waals surface area contributed by atoms with Crippen LogP contribution in [0, 0.1) is 0 Å². The van der Waals surface area contributed by atoms with Crippen LogP contribution in [-0.2, 0) is 0 Å². The topological polar surface area (TPSA) is 46.2 Å². The third kappa shape index (κ3) is 3.55. The fourth-order valence-corrected chi connectivity index (χ4v) is 3.55. The van der Waals surface area contributed by atoms with Crippen molar-refractivity contribution in [3.8, 4) is 0 Å². The lowest BCUT2D eigenvalue weighted by molar-refractivity contribution is 0.0935. The highest BCUT2D eigenvalue weighted by Crippen LogP contribution is 2.24. The second kappa shape index (κ2) is 6.81. The predicted molar refractivity (Wildman–Crippen MR) is 83.8 cm³/mol. The van der Waals surface area contributed by atoms with Crippen LogP contribution in [0.2, 0.25) is 0 Å². The third-order valence-electron chi connectivity index (χ3n) is 2.98. The molecule has 1 N–H and O–H groups in total. The van der Waals surface area contributed by atoms with Crippen LogP contribution in [0.5, 0.6) is 0 Å². The molecular weight excluding hydrogens is 290 g/mol. The highest BCUT2D eigenvalue weighted by atomic mass is 32.1. The smallest absolute Gasteiger partial charge is 0.252 e.